The maximum atomic E-state index is 13.0. The summed E-state index contributed by atoms with van der Waals surface area (Å²) in [5.41, 5.74) is 1.20. The Bertz CT molecular complexity index is 940. The van der Waals surface area contributed by atoms with Crippen molar-refractivity contribution in [2.24, 2.45) is 0 Å². The van der Waals surface area contributed by atoms with Gasteiger partial charge in [-0.25, -0.2) is 13.1 Å². The van der Waals surface area contributed by atoms with Crippen LogP contribution in [0.15, 0.2) is 53.4 Å². The highest BCUT2D eigenvalue weighted by atomic mass is 35.5. The van der Waals surface area contributed by atoms with Gasteiger partial charge in [0, 0.05) is 29.7 Å². The van der Waals surface area contributed by atoms with Crippen LogP contribution < -0.4 is 4.72 Å². The topological polar surface area (TPSA) is 66.5 Å². The Morgan fingerprint density at radius 1 is 1.14 bits per heavy atom. The molecule has 0 spiro atoms. The van der Waals surface area contributed by atoms with Crippen LogP contribution in [-0.2, 0) is 16.6 Å². The van der Waals surface area contributed by atoms with Crippen molar-refractivity contribution in [1.82, 2.24) is 9.62 Å². The van der Waals surface area contributed by atoms with E-state index in [1.165, 1.54) is 12.1 Å². The summed E-state index contributed by atoms with van der Waals surface area (Å²) in [5.74, 6) is -0.222. The van der Waals surface area contributed by atoms with E-state index in [0.717, 1.165) is 31.2 Å². The lowest BCUT2D eigenvalue weighted by Gasteiger charge is -2.22. The highest BCUT2D eigenvalue weighted by molar-refractivity contribution is 7.89. The molecule has 1 aliphatic carbocycles. The molecule has 28 heavy (non-hydrogen) atoms. The number of halogens is 1. The highest BCUT2D eigenvalue weighted by Gasteiger charge is 2.24. The van der Waals surface area contributed by atoms with Crippen LogP contribution in [0.3, 0.4) is 0 Å². The number of benzene rings is 2. The van der Waals surface area contributed by atoms with Crippen LogP contribution in [0, 0.1) is 0 Å². The zero-order valence-electron chi connectivity index (χ0n) is 15.9. The number of rotatable bonds is 7. The fraction of sp³-hybridized carbons (Fsp3) is 0.381. The molecule has 0 aromatic heterocycles. The molecule has 0 bridgehead atoms. The van der Waals surface area contributed by atoms with Crippen LogP contribution in [0.25, 0.3) is 0 Å². The fourth-order valence-corrected chi connectivity index (χ4v) is 5.02. The second-order valence-electron chi connectivity index (χ2n) is 7.04. The van der Waals surface area contributed by atoms with E-state index >= 15 is 0 Å². The third-order valence-corrected chi connectivity index (χ3v) is 6.94. The van der Waals surface area contributed by atoms with Crippen molar-refractivity contribution >= 4 is 27.5 Å². The average molecular weight is 421 g/mol. The van der Waals surface area contributed by atoms with Crippen LogP contribution in [0.4, 0.5) is 0 Å². The first-order chi connectivity index (χ1) is 13.4. The molecule has 2 aromatic rings. The second-order valence-corrected chi connectivity index (χ2v) is 9.16. The fourth-order valence-electron chi connectivity index (χ4n) is 3.47. The molecule has 5 nitrogen and oxygen atoms in total. The number of carbonyl (C=O) groups excluding carboxylic acids is 1. The van der Waals surface area contributed by atoms with Crippen molar-refractivity contribution in [3.63, 3.8) is 0 Å². The maximum Gasteiger partial charge on any atom is 0.254 e. The Balaban J connectivity index is 1.79. The van der Waals surface area contributed by atoms with Crippen molar-refractivity contribution < 1.29 is 13.2 Å². The predicted molar refractivity (Wildman–Crippen MR) is 111 cm³/mol. The van der Waals surface area contributed by atoms with Crippen LogP contribution >= 0.6 is 11.6 Å². The molecule has 2 aromatic carbocycles. The van der Waals surface area contributed by atoms with Gasteiger partial charge in [-0.05, 0) is 49.6 Å². The van der Waals surface area contributed by atoms with E-state index < -0.39 is 10.0 Å². The normalized spacial score (nSPS) is 14.9. The van der Waals surface area contributed by atoms with Crippen LogP contribution in [0.1, 0.15) is 48.5 Å². The van der Waals surface area contributed by atoms with Crippen molar-refractivity contribution in [3.8, 4) is 0 Å². The molecule has 0 atom stereocenters. The smallest absolute Gasteiger partial charge is 0.254 e. The second kappa shape index (κ2) is 9.07. The molecular weight excluding hydrogens is 396 g/mol. The molecule has 1 amide bonds. The van der Waals surface area contributed by atoms with E-state index in [1.54, 1.807) is 23.1 Å². The monoisotopic (exact) mass is 420 g/mol. The summed E-state index contributed by atoms with van der Waals surface area (Å²) in [6.45, 7) is 2.74. The first-order valence-electron chi connectivity index (χ1n) is 9.56. The maximum absolute atomic E-state index is 13.0. The summed E-state index contributed by atoms with van der Waals surface area (Å²) in [6.07, 6.45) is 3.80. The van der Waals surface area contributed by atoms with Gasteiger partial charge in [0.25, 0.3) is 5.91 Å². The van der Waals surface area contributed by atoms with Gasteiger partial charge in [-0.1, -0.05) is 48.7 Å². The standard InChI is InChI=1S/C21H25ClN2O3S/c1-2-24(15-17-8-3-6-13-20(17)22)21(25)16-9-7-12-19(14-16)28(26,27)23-18-10-4-5-11-18/h3,6-9,12-14,18,23H,2,4-5,10-11,15H2,1H3. The Labute approximate surface area is 171 Å². The molecule has 0 aliphatic heterocycles. The first-order valence-corrected chi connectivity index (χ1v) is 11.4. The quantitative estimate of drug-likeness (QED) is 0.729. The molecule has 1 fully saturated rings. The van der Waals surface area contributed by atoms with E-state index in [2.05, 4.69) is 4.72 Å². The Hall–Kier alpha value is -1.89. The third-order valence-electron chi connectivity index (χ3n) is 5.06. The minimum absolute atomic E-state index is 0.0169. The van der Waals surface area contributed by atoms with E-state index in [4.69, 9.17) is 11.6 Å². The molecule has 3 rings (SSSR count). The summed E-state index contributed by atoms with van der Waals surface area (Å²) in [5, 5.41) is 0.603. The molecular formula is C21H25ClN2O3S. The molecule has 1 saturated carbocycles. The van der Waals surface area contributed by atoms with Gasteiger partial charge in [0.2, 0.25) is 10.0 Å². The zero-order valence-corrected chi connectivity index (χ0v) is 17.5. The van der Waals surface area contributed by atoms with Crippen molar-refractivity contribution in [2.75, 3.05) is 6.54 Å². The molecule has 0 saturated heterocycles. The molecule has 1 N–H and O–H groups in total. The van der Waals surface area contributed by atoms with E-state index in [9.17, 15) is 13.2 Å². The van der Waals surface area contributed by atoms with Gasteiger partial charge >= 0.3 is 0 Å². The number of carbonyl (C=O) groups is 1. The van der Waals surface area contributed by atoms with Gasteiger partial charge in [0.1, 0.15) is 0 Å². The van der Waals surface area contributed by atoms with E-state index in [0.29, 0.717) is 23.7 Å². The van der Waals surface area contributed by atoms with E-state index in [1.807, 2.05) is 25.1 Å². The summed E-state index contributed by atoms with van der Waals surface area (Å²) in [7, 11) is -3.64. The lowest BCUT2D eigenvalue weighted by molar-refractivity contribution is 0.0752. The summed E-state index contributed by atoms with van der Waals surface area (Å²) in [6, 6.07) is 13.6. The molecule has 0 radical (unpaired) electrons. The van der Waals surface area contributed by atoms with Crippen LogP contribution in [-0.4, -0.2) is 31.8 Å². The van der Waals surface area contributed by atoms with Crippen molar-refractivity contribution in [2.45, 2.75) is 50.1 Å². The minimum Gasteiger partial charge on any atom is -0.335 e. The average Bonchev–Trinajstić information content (AvgIpc) is 3.19. The van der Waals surface area contributed by atoms with Gasteiger partial charge < -0.3 is 4.90 Å². The zero-order chi connectivity index (χ0) is 20.1. The van der Waals surface area contributed by atoms with Crippen molar-refractivity contribution in [1.29, 1.82) is 0 Å². The molecule has 7 heteroatoms. The Morgan fingerprint density at radius 2 is 1.86 bits per heavy atom. The number of amides is 1. The van der Waals surface area contributed by atoms with E-state index in [-0.39, 0.29) is 16.8 Å². The lowest BCUT2D eigenvalue weighted by Crippen LogP contribution is -2.33. The third kappa shape index (κ3) is 4.93. The SMILES string of the molecule is CCN(Cc1ccccc1Cl)C(=O)c1cccc(S(=O)(=O)NC2CCCC2)c1. The number of nitrogens with zero attached hydrogens (tertiary/aromatic N) is 1. The summed E-state index contributed by atoms with van der Waals surface area (Å²) >= 11 is 6.22. The highest BCUT2D eigenvalue weighted by Crippen LogP contribution is 2.22. The number of hydrogen-bond acceptors (Lipinski definition) is 3. The van der Waals surface area contributed by atoms with Crippen molar-refractivity contribution in [3.05, 3.63) is 64.7 Å². The molecule has 0 unspecified atom stereocenters. The first kappa shape index (κ1) is 20.8. The lowest BCUT2D eigenvalue weighted by atomic mass is 10.1. The Kier molecular flexibility index (Phi) is 6.75. The molecule has 1 aliphatic rings. The van der Waals surface area contributed by atoms with Gasteiger partial charge in [-0.3, -0.25) is 4.79 Å². The minimum atomic E-state index is -3.64. The van der Waals surface area contributed by atoms with Gasteiger partial charge in [0.15, 0.2) is 0 Å². The number of sulfonamides is 1. The molecule has 0 heterocycles. The largest absolute Gasteiger partial charge is 0.335 e. The van der Waals surface area contributed by atoms with Gasteiger partial charge in [0.05, 0.1) is 4.90 Å². The van der Waals surface area contributed by atoms with Crippen LogP contribution in [0.5, 0.6) is 0 Å². The van der Waals surface area contributed by atoms with Gasteiger partial charge in [-0.2, -0.15) is 0 Å². The predicted octanol–water partition coefficient (Wildman–Crippen LogP) is 4.22. The Morgan fingerprint density at radius 3 is 2.54 bits per heavy atom. The number of nitrogens with one attached hydrogen (secondary N) is 1. The number of hydrogen-bond donors (Lipinski definition) is 1. The van der Waals surface area contributed by atoms with Gasteiger partial charge in [-0.15, -0.1) is 0 Å². The summed E-state index contributed by atoms with van der Waals surface area (Å²) in [4.78, 5) is 14.8. The van der Waals surface area contributed by atoms with Crippen LogP contribution in [0.2, 0.25) is 5.02 Å². The molecule has 150 valence electrons. The summed E-state index contributed by atoms with van der Waals surface area (Å²) < 4.78 is 28.1.